The molecule has 0 spiro atoms. The van der Waals surface area contributed by atoms with Crippen LogP contribution in [0.4, 0.5) is 0 Å². The summed E-state index contributed by atoms with van der Waals surface area (Å²) in [6.45, 7) is 2.10. The fourth-order valence-corrected chi connectivity index (χ4v) is 1.56. The lowest BCUT2D eigenvalue weighted by Gasteiger charge is -2.31. The topological polar surface area (TPSA) is 43.4 Å². The van der Waals surface area contributed by atoms with Crippen LogP contribution < -0.4 is 0 Å². The van der Waals surface area contributed by atoms with Gasteiger partial charge in [-0.25, -0.2) is 0 Å². The molecule has 1 aliphatic carbocycles. The number of carbonyl (C=O) groups excluding carboxylic acids is 2. The molecule has 0 radical (unpaired) electrons. The number of ether oxygens (including phenoxy) is 1. The van der Waals surface area contributed by atoms with Gasteiger partial charge in [0.2, 0.25) is 5.24 Å². The maximum atomic E-state index is 11.1. The number of esters is 1. The largest absolute Gasteiger partial charge is 0.466 e. The van der Waals surface area contributed by atoms with Gasteiger partial charge in [0.25, 0.3) is 0 Å². The molecular formula is C8H11ClO3. The molecule has 1 aliphatic rings. The number of halogens is 1. The smallest absolute Gasteiger partial charge is 0.309 e. The van der Waals surface area contributed by atoms with E-state index in [1.54, 1.807) is 6.92 Å². The SMILES string of the molecule is CCOC(=O)C1CCC1C(=O)Cl. The average Bonchev–Trinajstić information content (AvgIpc) is 1.82. The Kier molecular flexibility index (Phi) is 3.09. The summed E-state index contributed by atoms with van der Waals surface area (Å²) in [4.78, 5) is 21.8. The summed E-state index contributed by atoms with van der Waals surface area (Å²) in [7, 11) is 0. The zero-order valence-corrected chi connectivity index (χ0v) is 7.63. The first-order valence-electron chi connectivity index (χ1n) is 4.02. The van der Waals surface area contributed by atoms with E-state index in [1.165, 1.54) is 0 Å². The van der Waals surface area contributed by atoms with Crippen molar-refractivity contribution in [1.29, 1.82) is 0 Å². The second kappa shape index (κ2) is 3.90. The first kappa shape index (κ1) is 9.52. The molecule has 0 aromatic carbocycles. The van der Waals surface area contributed by atoms with Gasteiger partial charge in [-0.1, -0.05) is 0 Å². The van der Waals surface area contributed by atoms with Gasteiger partial charge in [-0.3, -0.25) is 9.59 Å². The number of rotatable bonds is 3. The molecule has 2 atom stereocenters. The Hall–Kier alpha value is -0.570. The Bertz CT molecular complexity index is 202. The molecule has 1 rings (SSSR count). The van der Waals surface area contributed by atoms with Gasteiger partial charge in [0.15, 0.2) is 0 Å². The maximum Gasteiger partial charge on any atom is 0.309 e. The molecule has 0 saturated heterocycles. The zero-order chi connectivity index (χ0) is 9.14. The fraction of sp³-hybridized carbons (Fsp3) is 0.750. The highest BCUT2D eigenvalue weighted by Crippen LogP contribution is 2.36. The average molecular weight is 191 g/mol. The van der Waals surface area contributed by atoms with Gasteiger partial charge in [0.1, 0.15) is 0 Å². The molecule has 12 heavy (non-hydrogen) atoms. The van der Waals surface area contributed by atoms with Crippen LogP contribution in [0.1, 0.15) is 19.8 Å². The molecule has 0 amide bonds. The van der Waals surface area contributed by atoms with Crippen LogP contribution in [-0.2, 0) is 14.3 Å². The molecule has 0 aromatic rings. The van der Waals surface area contributed by atoms with E-state index in [0.29, 0.717) is 13.0 Å². The van der Waals surface area contributed by atoms with Gasteiger partial charge >= 0.3 is 5.97 Å². The van der Waals surface area contributed by atoms with Crippen molar-refractivity contribution in [2.75, 3.05) is 6.61 Å². The van der Waals surface area contributed by atoms with Gasteiger partial charge in [-0.05, 0) is 31.4 Å². The number of hydrogen-bond donors (Lipinski definition) is 0. The van der Waals surface area contributed by atoms with Crippen LogP contribution in [-0.4, -0.2) is 17.8 Å². The van der Waals surface area contributed by atoms with E-state index in [-0.39, 0.29) is 17.8 Å². The quantitative estimate of drug-likeness (QED) is 0.498. The standard InChI is InChI=1S/C8H11ClO3/c1-2-12-8(11)6-4-3-5(6)7(9)10/h5-6H,2-4H2,1H3. The molecule has 3 nitrogen and oxygen atoms in total. The van der Waals surface area contributed by atoms with Gasteiger partial charge in [-0.15, -0.1) is 0 Å². The van der Waals surface area contributed by atoms with E-state index in [2.05, 4.69) is 0 Å². The summed E-state index contributed by atoms with van der Waals surface area (Å²) in [6, 6.07) is 0. The Balaban J connectivity index is 2.43. The Morgan fingerprint density at radius 3 is 2.33 bits per heavy atom. The third kappa shape index (κ3) is 1.78. The third-order valence-corrected chi connectivity index (χ3v) is 2.44. The second-order valence-electron chi connectivity index (χ2n) is 2.85. The Morgan fingerprint density at radius 2 is 2.00 bits per heavy atom. The van der Waals surface area contributed by atoms with Gasteiger partial charge in [0.05, 0.1) is 12.5 Å². The van der Waals surface area contributed by atoms with Crippen molar-refractivity contribution in [3.63, 3.8) is 0 Å². The maximum absolute atomic E-state index is 11.1. The molecule has 0 N–H and O–H groups in total. The lowest BCUT2D eigenvalue weighted by Crippen LogP contribution is -2.37. The van der Waals surface area contributed by atoms with E-state index in [9.17, 15) is 9.59 Å². The summed E-state index contributed by atoms with van der Waals surface area (Å²) in [5.41, 5.74) is 0. The minimum absolute atomic E-state index is 0.282. The van der Waals surface area contributed by atoms with Crippen molar-refractivity contribution in [2.45, 2.75) is 19.8 Å². The van der Waals surface area contributed by atoms with E-state index in [1.807, 2.05) is 0 Å². The molecule has 1 saturated carbocycles. The van der Waals surface area contributed by atoms with Crippen molar-refractivity contribution >= 4 is 22.8 Å². The van der Waals surface area contributed by atoms with E-state index >= 15 is 0 Å². The molecule has 68 valence electrons. The van der Waals surface area contributed by atoms with E-state index in [0.717, 1.165) is 6.42 Å². The number of hydrogen-bond acceptors (Lipinski definition) is 3. The second-order valence-corrected chi connectivity index (χ2v) is 3.22. The molecule has 0 heterocycles. The summed E-state index contributed by atoms with van der Waals surface area (Å²) >= 11 is 5.27. The highest BCUT2D eigenvalue weighted by Gasteiger charge is 2.41. The third-order valence-electron chi connectivity index (χ3n) is 2.16. The van der Waals surface area contributed by atoms with Crippen LogP contribution in [0, 0.1) is 11.8 Å². The molecule has 4 heteroatoms. The molecule has 2 unspecified atom stereocenters. The first-order valence-corrected chi connectivity index (χ1v) is 4.40. The fourth-order valence-electron chi connectivity index (χ4n) is 1.30. The lowest BCUT2D eigenvalue weighted by molar-refractivity contribution is -0.156. The van der Waals surface area contributed by atoms with Crippen LogP contribution in [0.5, 0.6) is 0 Å². The molecular weight excluding hydrogens is 180 g/mol. The van der Waals surface area contributed by atoms with Gasteiger partial charge < -0.3 is 4.74 Å². The highest BCUT2D eigenvalue weighted by molar-refractivity contribution is 6.64. The molecule has 1 fully saturated rings. The summed E-state index contributed by atoms with van der Waals surface area (Å²) in [5.74, 6) is -0.872. The Morgan fingerprint density at radius 1 is 1.42 bits per heavy atom. The van der Waals surface area contributed by atoms with Crippen LogP contribution in [0.15, 0.2) is 0 Å². The molecule has 0 aromatic heterocycles. The minimum atomic E-state index is -0.417. The monoisotopic (exact) mass is 190 g/mol. The van der Waals surface area contributed by atoms with Crippen molar-refractivity contribution in [3.8, 4) is 0 Å². The summed E-state index contributed by atoms with van der Waals surface area (Å²) in [5, 5.41) is -0.417. The van der Waals surface area contributed by atoms with Crippen LogP contribution >= 0.6 is 11.6 Å². The van der Waals surface area contributed by atoms with Crippen molar-refractivity contribution in [1.82, 2.24) is 0 Å². The van der Waals surface area contributed by atoms with Crippen LogP contribution in [0.2, 0.25) is 0 Å². The molecule has 0 aliphatic heterocycles. The predicted octanol–water partition coefficient (Wildman–Crippen LogP) is 1.34. The molecule has 0 bridgehead atoms. The predicted molar refractivity (Wildman–Crippen MR) is 43.7 cm³/mol. The van der Waals surface area contributed by atoms with Crippen LogP contribution in [0.3, 0.4) is 0 Å². The van der Waals surface area contributed by atoms with Gasteiger partial charge in [0, 0.05) is 5.92 Å². The van der Waals surface area contributed by atoms with Gasteiger partial charge in [-0.2, -0.15) is 0 Å². The minimum Gasteiger partial charge on any atom is -0.466 e. The first-order chi connectivity index (χ1) is 5.66. The number of carbonyl (C=O) groups is 2. The zero-order valence-electron chi connectivity index (χ0n) is 6.88. The summed E-state index contributed by atoms with van der Waals surface area (Å²) in [6.07, 6.45) is 1.44. The normalized spacial score (nSPS) is 27.5. The highest BCUT2D eigenvalue weighted by atomic mass is 35.5. The van der Waals surface area contributed by atoms with E-state index in [4.69, 9.17) is 16.3 Å². The Labute approximate surface area is 76.0 Å². The summed E-state index contributed by atoms with van der Waals surface area (Å²) < 4.78 is 4.78. The van der Waals surface area contributed by atoms with Crippen molar-refractivity contribution in [3.05, 3.63) is 0 Å². The van der Waals surface area contributed by atoms with E-state index < -0.39 is 5.24 Å². The van der Waals surface area contributed by atoms with Crippen LogP contribution in [0.25, 0.3) is 0 Å². The van der Waals surface area contributed by atoms with Crippen molar-refractivity contribution < 1.29 is 14.3 Å². The lowest BCUT2D eigenvalue weighted by atomic mass is 9.74. The van der Waals surface area contributed by atoms with Crippen molar-refractivity contribution in [2.24, 2.45) is 11.8 Å².